The number of benzene rings is 1. The van der Waals surface area contributed by atoms with Crippen LogP contribution in [0.5, 0.6) is 0 Å². The number of hydrogen-bond acceptors (Lipinski definition) is 3. The van der Waals surface area contributed by atoms with Gasteiger partial charge in [0.15, 0.2) is 0 Å². The van der Waals surface area contributed by atoms with Crippen molar-refractivity contribution in [2.75, 3.05) is 6.61 Å². The maximum atomic E-state index is 11.7. The van der Waals surface area contributed by atoms with Gasteiger partial charge in [0, 0.05) is 25.3 Å². The van der Waals surface area contributed by atoms with Crippen molar-refractivity contribution in [1.29, 1.82) is 0 Å². The van der Waals surface area contributed by atoms with E-state index < -0.39 is 6.09 Å². The first-order valence-corrected chi connectivity index (χ1v) is 5.75. The number of nitrogens with zero attached hydrogens (tertiary/aromatic N) is 1. The Morgan fingerprint density at radius 2 is 2.06 bits per heavy atom. The monoisotopic (exact) mass is 240 g/mol. The van der Waals surface area contributed by atoms with Crippen LogP contribution in [-0.4, -0.2) is 48.4 Å². The van der Waals surface area contributed by atoms with Gasteiger partial charge in [-0.25, -0.2) is 9.69 Å². The molecule has 2 rings (SSSR count). The van der Waals surface area contributed by atoms with Crippen molar-refractivity contribution >= 4 is 30.9 Å². The van der Waals surface area contributed by atoms with E-state index in [4.69, 9.17) is 4.74 Å². The zero-order valence-electron chi connectivity index (χ0n) is 10.8. The zero-order chi connectivity index (χ0) is 12.3. The van der Waals surface area contributed by atoms with Gasteiger partial charge in [-0.2, -0.15) is 0 Å². The topological polar surface area (TPSA) is 46.6 Å². The minimum Gasteiger partial charge on any atom is -0.447 e. The van der Waals surface area contributed by atoms with Crippen molar-refractivity contribution < 1.29 is 14.3 Å². The van der Waals surface area contributed by atoms with Gasteiger partial charge in [-0.1, -0.05) is 37.3 Å². The van der Waals surface area contributed by atoms with Crippen LogP contribution in [0.1, 0.15) is 18.9 Å². The maximum absolute atomic E-state index is 11.7. The first-order chi connectivity index (χ1) is 8.22. The number of carbonyl (C=O) groups excluding carboxylic acids is 2. The average Bonchev–Trinajstić information content (AvgIpc) is 2.71. The molecule has 0 N–H and O–H groups in total. The molecule has 1 fully saturated rings. The summed E-state index contributed by atoms with van der Waals surface area (Å²) in [5, 5.41) is 0. The largest absolute Gasteiger partial charge is 0.447 e. The third kappa shape index (κ3) is 3.15. The molecule has 1 saturated heterocycles. The van der Waals surface area contributed by atoms with Gasteiger partial charge >= 0.3 is 6.09 Å². The molecular weight excluding hydrogens is 225 g/mol. The normalized spacial score (nSPS) is 18.2. The molecule has 5 heteroatoms. The number of carbonyl (C=O) groups is 2. The number of hydrogen-bond donors (Lipinski definition) is 0. The first kappa shape index (κ1) is 14.8. The quantitative estimate of drug-likeness (QED) is 0.754. The molecule has 18 heavy (non-hydrogen) atoms. The van der Waals surface area contributed by atoms with Gasteiger partial charge in [-0.15, -0.1) is 0 Å². The minimum atomic E-state index is -0.516. The van der Waals surface area contributed by atoms with Crippen LogP contribution < -0.4 is 0 Å². The van der Waals surface area contributed by atoms with Crippen molar-refractivity contribution in [2.24, 2.45) is 0 Å². The number of amides is 2. The summed E-state index contributed by atoms with van der Waals surface area (Å²) in [7, 11) is 0. The van der Waals surface area contributed by atoms with E-state index in [9.17, 15) is 9.59 Å². The second kappa shape index (κ2) is 6.63. The fraction of sp³-hybridized carbons (Fsp3) is 0.385. The zero-order valence-corrected chi connectivity index (χ0v) is 10.8. The SMILES string of the molecule is CCC(=O)N1C(=O)OCC1Cc1ccccc1.[Li]. The summed E-state index contributed by atoms with van der Waals surface area (Å²) in [6, 6.07) is 9.62. The predicted octanol–water partition coefficient (Wildman–Crippen LogP) is 1.61. The molecule has 1 radical (unpaired) electrons. The average molecular weight is 240 g/mol. The van der Waals surface area contributed by atoms with Crippen LogP contribution in [0, 0.1) is 0 Å². The summed E-state index contributed by atoms with van der Waals surface area (Å²) < 4.78 is 4.94. The van der Waals surface area contributed by atoms with E-state index >= 15 is 0 Å². The summed E-state index contributed by atoms with van der Waals surface area (Å²) in [5.74, 6) is -0.173. The molecule has 1 atom stereocenters. The van der Waals surface area contributed by atoms with E-state index in [-0.39, 0.29) is 30.8 Å². The van der Waals surface area contributed by atoms with Crippen LogP contribution in [0.25, 0.3) is 0 Å². The number of imide groups is 1. The van der Waals surface area contributed by atoms with Crippen molar-refractivity contribution in [3.05, 3.63) is 35.9 Å². The van der Waals surface area contributed by atoms with Gasteiger partial charge in [-0.3, -0.25) is 4.79 Å². The van der Waals surface area contributed by atoms with E-state index in [0.29, 0.717) is 19.4 Å². The van der Waals surface area contributed by atoms with Gasteiger partial charge in [-0.05, 0) is 12.0 Å². The summed E-state index contributed by atoms with van der Waals surface area (Å²) in [4.78, 5) is 24.4. The standard InChI is InChI=1S/C13H15NO3.Li/c1-2-12(15)14-11(9-17-13(14)16)8-10-6-4-3-5-7-10;/h3-7,11H,2,8-9H2,1H3;. The predicted molar refractivity (Wildman–Crippen MR) is 68.2 cm³/mol. The molecule has 91 valence electrons. The molecule has 1 unspecified atom stereocenters. The molecule has 1 aliphatic rings. The summed E-state index contributed by atoms with van der Waals surface area (Å²) in [5.41, 5.74) is 1.10. The van der Waals surface area contributed by atoms with Crippen molar-refractivity contribution in [3.8, 4) is 0 Å². The Kier molecular flexibility index (Phi) is 5.45. The van der Waals surface area contributed by atoms with Crippen LogP contribution in [-0.2, 0) is 16.0 Å². The van der Waals surface area contributed by atoms with Gasteiger partial charge < -0.3 is 4.74 Å². The second-order valence-electron chi connectivity index (χ2n) is 4.04. The smallest absolute Gasteiger partial charge is 0.416 e. The van der Waals surface area contributed by atoms with Gasteiger partial charge in [0.25, 0.3) is 0 Å². The van der Waals surface area contributed by atoms with E-state index in [0.717, 1.165) is 5.56 Å². The van der Waals surface area contributed by atoms with Crippen LogP contribution in [0.15, 0.2) is 30.3 Å². The van der Waals surface area contributed by atoms with Crippen LogP contribution in [0.2, 0.25) is 0 Å². The molecule has 2 amide bonds. The number of rotatable bonds is 3. The third-order valence-electron chi connectivity index (χ3n) is 2.85. The Hall–Kier alpha value is -1.24. The molecule has 4 nitrogen and oxygen atoms in total. The van der Waals surface area contributed by atoms with Gasteiger partial charge in [0.2, 0.25) is 5.91 Å². The van der Waals surface area contributed by atoms with Gasteiger partial charge in [0.05, 0.1) is 6.04 Å². The molecule has 0 aromatic heterocycles. The van der Waals surface area contributed by atoms with Crippen LogP contribution in [0.3, 0.4) is 0 Å². The first-order valence-electron chi connectivity index (χ1n) is 5.75. The molecule has 1 aliphatic heterocycles. The fourth-order valence-electron chi connectivity index (χ4n) is 1.97. The van der Waals surface area contributed by atoms with E-state index in [1.165, 1.54) is 4.90 Å². The molecule has 1 aromatic carbocycles. The van der Waals surface area contributed by atoms with Crippen LogP contribution >= 0.6 is 0 Å². The van der Waals surface area contributed by atoms with Crippen molar-refractivity contribution in [3.63, 3.8) is 0 Å². The molecule has 0 spiro atoms. The van der Waals surface area contributed by atoms with Crippen molar-refractivity contribution in [2.45, 2.75) is 25.8 Å². The fourth-order valence-corrected chi connectivity index (χ4v) is 1.97. The summed E-state index contributed by atoms with van der Waals surface area (Å²) in [6.07, 6.45) is 0.455. The molecule has 1 aromatic rings. The summed E-state index contributed by atoms with van der Waals surface area (Å²) >= 11 is 0. The van der Waals surface area contributed by atoms with Crippen molar-refractivity contribution in [1.82, 2.24) is 4.90 Å². The Morgan fingerprint density at radius 3 is 2.67 bits per heavy atom. The molecule has 0 saturated carbocycles. The second-order valence-corrected chi connectivity index (χ2v) is 4.04. The third-order valence-corrected chi connectivity index (χ3v) is 2.85. The van der Waals surface area contributed by atoms with E-state index in [1.54, 1.807) is 6.92 Å². The Labute approximate surface area is 118 Å². The molecule has 0 bridgehead atoms. The number of cyclic esters (lactones) is 1. The van der Waals surface area contributed by atoms with Crippen LogP contribution in [0.4, 0.5) is 4.79 Å². The molecular formula is C13H15LiNO3. The Bertz CT molecular complexity index is 422. The molecule has 1 heterocycles. The summed E-state index contributed by atoms with van der Waals surface area (Å²) in [6.45, 7) is 2.03. The van der Waals surface area contributed by atoms with E-state index in [1.807, 2.05) is 30.3 Å². The van der Waals surface area contributed by atoms with E-state index in [2.05, 4.69) is 0 Å². The van der Waals surface area contributed by atoms with Gasteiger partial charge in [0.1, 0.15) is 6.61 Å². The maximum Gasteiger partial charge on any atom is 0.416 e. The molecule has 0 aliphatic carbocycles. The Morgan fingerprint density at radius 1 is 1.39 bits per heavy atom. The minimum absolute atomic E-state index is 0. The number of ether oxygens (including phenoxy) is 1. The Balaban J connectivity index is 0.00000162.